The molecule has 13 heteroatoms. The van der Waals surface area contributed by atoms with E-state index in [0.29, 0.717) is 13.0 Å². The molecule has 0 amide bonds. The maximum atomic E-state index is 12.9. The lowest BCUT2D eigenvalue weighted by Crippen LogP contribution is -2.60. The number of aliphatic hydroxyl groups is 3. The highest BCUT2D eigenvalue weighted by atomic mass is 32.3. The third-order valence-corrected chi connectivity index (χ3v) is 13.9. The average Bonchev–Trinajstić information content (AvgIpc) is 3.31. The molecule has 1 rings (SSSR count). The lowest BCUT2D eigenvalue weighted by molar-refractivity contribution is -0.301. The molecule has 0 aromatic heterocycles. The van der Waals surface area contributed by atoms with Gasteiger partial charge in [0.05, 0.1) is 19.8 Å². The number of unbranched alkanes of at least 4 members (excludes halogenated alkanes) is 36. The number of aliphatic hydroxyl groups excluding tert-OH is 3. The molecule has 1 aliphatic rings. The molecule has 0 aromatic rings. The van der Waals surface area contributed by atoms with Gasteiger partial charge in [-0.3, -0.25) is 9.35 Å². The summed E-state index contributed by atoms with van der Waals surface area (Å²) in [5, 5.41) is 30.8. The topological polar surface area (TPSA) is 178 Å². The molecular formula is C55H106O12S. The minimum Gasteiger partial charge on any atom is -0.457 e. The van der Waals surface area contributed by atoms with E-state index in [0.717, 1.165) is 38.5 Å². The average molecular weight is 992 g/mol. The number of ether oxygens (including phenoxy) is 4. The molecule has 12 nitrogen and oxygen atoms in total. The summed E-state index contributed by atoms with van der Waals surface area (Å²) in [7, 11) is -5.06. The fraction of sp³-hybridized carbons (Fsp3) is 0.945. The number of esters is 1. The van der Waals surface area contributed by atoms with Crippen molar-refractivity contribution >= 4 is 16.4 Å². The highest BCUT2D eigenvalue weighted by molar-refractivity contribution is 7.80. The van der Waals surface area contributed by atoms with Crippen LogP contribution in [0.3, 0.4) is 0 Å². The molecule has 1 fully saturated rings. The van der Waals surface area contributed by atoms with Crippen LogP contribution in [0.4, 0.5) is 0 Å². The van der Waals surface area contributed by atoms with Gasteiger partial charge in [-0.1, -0.05) is 238 Å². The lowest BCUT2D eigenvalue weighted by atomic mass is 9.99. The Balaban J connectivity index is 2.28. The van der Waals surface area contributed by atoms with E-state index in [1.54, 1.807) is 0 Å². The van der Waals surface area contributed by atoms with Gasteiger partial charge in [-0.15, -0.1) is 0 Å². The van der Waals surface area contributed by atoms with Gasteiger partial charge >= 0.3 is 16.4 Å². The molecule has 4 N–H and O–H groups in total. The SMILES string of the molecule is CCCCCCCCCC/C=C\CCCCCCCCCCCCCCOCC(COC1OC(CO)C(O)C(OS(=O)(=O)O)C1O)OC(=O)CCCCCCCCCCCCCCCCCCC. The third kappa shape index (κ3) is 39.5. The fourth-order valence-electron chi connectivity index (χ4n) is 9.08. The largest absolute Gasteiger partial charge is 0.457 e. The molecule has 0 spiro atoms. The Bertz CT molecular complexity index is 1240. The molecule has 0 aliphatic carbocycles. The zero-order valence-corrected chi connectivity index (χ0v) is 44.5. The molecule has 0 radical (unpaired) electrons. The Hall–Kier alpha value is -1.16. The third-order valence-electron chi connectivity index (χ3n) is 13.4. The highest BCUT2D eigenvalue weighted by Crippen LogP contribution is 2.26. The van der Waals surface area contributed by atoms with E-state index < -0.39 is 59.8 Å². The van der Waals surface area contributed by atoms with E-state index in [2.05, 4.69) is 30.2 Å². The van der Waals surface area contributed by atoms with Gasteiger partial charge in [-0.25, -0.2) is 4.18 Å². The van der Waals surface area contributed by atoms with Crippen LogP contribution in [-0.2, 0) is 38.3 Å². The smallest absolute Gasteiger partial charge is 0.397 e. The number of allylic oxidation sites excluding steroid dienone is 2. The minimum absolute atomic E-state index is 0.0423. The van der Waals surface area contributed by atoms with Crippen LogP contribution < -0.4 is 0 Å². The Kier molecular flexibility index (Phi) is 44.7. The molecule has 6 unspecified atom stereocenters. The van der Waals surface area contributed by atoms with Gasteiger partial charge in [0, 0.05) is 13.0 Å². The first-order chi connectivity index (χ1) is 33.1. The van der Waals surface area contributed by atoms with Crippen LogP contribution in [0.25, 0.3) is 0 Å². The van der Waals surface area contributed by atoms with Crippen LogP contribution in [0.1, 0.15) is 271 Å². The summed E-state index contributed by atoms with van der Waals surface area (Å²) in [5.41, 5.74) is 0. The second kappa shape index (κ2) is 46.9. The van der Waals surface area contributed by atoms with E-state index in [-0.39, 0.29) is 19.6 Å². The summed E-state index contributed by atoms with van der Waals surface area (Å²) in [5.74, 6) is -0.392. The predicted octanol–water partition coefficient (Wildman–Crippen LogP) is 13.8. The summed E-state index contributed by atoms with van der Waals surface area (Å²) in [6.07, 6.45) is 45.4. The van der Waals surface area contributed by atoms with Crippen LogP contribution in [0, 0.1) is 0 Å². The first-order valence-electron chi connectivity index (χ1n) is 28.4. The number of hydrogen-bond donors (Lipinski definition) is 4. The Labute approximate surface area is 417 Å². The number of hydrogen-bond acceptors (Lipinski definition) is 11. The summed E-state index contributed by atoms with van der Waals surface area (Å²) in [4.78, 5) is 12.9. The molecular weight excluding hydrogens is 885 g/mol. The standard InChI is InChI=1S/C55H106O12S/c1-3-5-7-9-11-13-15-17-19-21-22-23-24-25-26-27-29-31-33-35-37-39-41-43-45-63-47-49(48-64-55-53(59)54(67-68(60,61)62)52(58)50(46-56)66-55)65-51(57)44-42-40-38-36-34-32-30-28-20-18-16-14-12-10-8-6-4-2/h21-22,49-50,52-56,58-59H,3-20,23-48H2,1-2H3,(H,60,61,62)/b22-21-. The number of carbonyl (C=O) groups excluding carboxylic acids is 1. The van der Waals surface area contributed by atoms with Crippen molar-refractivity contribution < 1.29 is 56.2 Å². The van der Waals surface area contributed by atoms with Crippen LogP contribution in [0.15, 0.2) is 12.2 Å². The van der Waals surface area contributed by atoms with E-state index in [9.17, 15) is 33.1 Å². The van der Waals surface area contributed by atoms with Crippen molar-refractivity contribution in [3.05, 3.63) is 12.2 Å². The van der Waals surface area contributed by atoms with Gasteiger partial charge in [0.1, 0.15) is 30.5 Å². The first-order valence-corrected chi connectivity index (χ1v) is 29.8. The molecule has 0 aromatic carbocycles. The Morgan fingerprint density at radius 2 is 0.926 bits per heavy atom. The van der Waals surface area contributed by atoms with Crippen molar-refractivity contribution in [3.63, 3.8) is 0 Å². The Morgan fingerprint density at radius 1 is 0.544 bits per heavy atom. The van der Waals surface area contributed by atoms with Gasteiger partial charge in [0.2, 0.25) is 0 Å². The van der Waals surface area contributed by atoms with Crippen molar-refractivity contribution in [1.82, 2.24) is 0 Å². The van der Waals surface area contributed by atoms with Crippen molar-refractivity contribution in [2.45, 2.75) is 307 Å². The van der Waals surface area contributed by atoms with E-state index >= 15 is 0 Å². The molecule has 0 bridgehead atoms. The molecule has 68 heavy (non-hydrogen) atoms. The summed E-state index contributed by atoms with van der Waals surface area (Å²) in [6, 6.07) is 0. The van der Waals surface area contributed by atoms with E-state index in [4.69, 9.17) is 18.9 Å². The highest BCUT2D eigenvalue weighted by Gasteiger charge is 2.48. The van der Waals surface area contributed by atoms with Crippen LogP contribution in [0.5, 0.6) is 0 Å². The monoisotopic (exact) mass is 991 g/mol. The summed E-state index contributed by atoms with van der Waals surface area (Å²) in [6.45, 7) is 4.05. The second-order valence-electron chi connectivity index (χ2n) is 19.9. The molecule has 0 saturated carbocycles. The normalized spacial score (nSPS) is 19.3. The van der Waals surface area contributed by atoms with Crippen LogP contribution in [-0.4, -0.2) is 97.5 Å². The van der Waals surface area contributed by atoms with Gasteiger partial charge < -0.3 is 34.3 Å². The maximum Gasteiger partial charge on any atom is 0.397 e. The molecule has 1 heterocycles. The van der Waals surface area contributed by atoms with Crippen molar-refractivity contribution in [2.75, 3.05) is 26.4 Å². The van der Waals surface area contributed by atoms with Crippen molar-refractivity contribution in [2.24, 2.45) is 0 Å². The van der Waals surface area contributed by atoms with Gasteiger partial charge in [-0.2, -0.15) is 8.42 Å². The second-order valence-corrected chi connectivity index (χ2v) is 20.9. The van der Waals surface area contributed by atoms with E-state index in [1.807, 2.05) is 0 Å². The molecule has 6 atom stereocenters. The molecule has 1 aliphatic heterocycles. The zero-order chi connectivity index (χ0) is 49.6. The van der Waals surface area contributed by atoms with Crippen LogP contribution in [0.2, 0.25) is 0 Å². The van der Waals surface area contributed by atoms with Gasteiger partial charge in [0.15, 0.2) is 6.29 Å². The predicted molar refractivity (Wildman–Crippen MR) is 276 cm³/mol. The van der Waals surface area contributed by atoms with Crippen molar-refractivity contribution in [3.8, 4) is 0 Å². The minimum atomic E-state index is -5.06. The molecule has 1 saturated heterocycles. The lowest BCUT2D eigenvalue weighted by Gasteiger charge is -2.41. The summed E-state index contributed by atoms with van der Waals surface area (Å²) >= 11 is 0. The number of rotatable bonds is 51. The van der Waals surface area contributed by atoms with Crippen molar-refractivity contribution in [1.29, 1.82) is 0 Å². The van der Waals surface area contributed by atoms with Gasteiger partial charge in [0.25, 0.3) is 0 Å². The Morgan fingerprint density at radius 3 is 1.32 bits per heavy atom. The summed E-state index contributed by atoms with van der Waals surface area (Å²) < 4.78 is 59.4. The first kappa shape index (κ1) is 64.9. The van der Waals surface area contributed by atoms with Crippen LogP contribution >= 0.6 is 0 Å². The van der Waals surface area contributed by atoms with E-state index in [1.165, 1.54) is 205 Å². The maximum absolute atomic E-state index is 12.9. The number of carbonyl (C=O) groups is 1. The molecule has 404 valence electrons. The fourth-order valence-corrected chi connectivity index (χ4v) is 9.59. The zero-order valence-electron chi connectivity index (χ0n) is 43.7. The van der Waals surface area contributed by atoms with Gasteiger partial charge in [-0.05, 0) is 38.5 Å². The quantitative estimate of drug-likeness (QED) is 0.0196.